The highest BCUT2D eigenvalue weighted by atomic mass is 35.5. The lowest BCUT2D eigenvalue weighted by molar-refractivity contribution is 0.0516. The van der Waals surface area contributed by atoms with Crippen LogP contribution in [0.1, 0.15) is 12.0 Å². The number of aromatic nitrogens is 2. The average Bonchev–Trinajstić information content (AvgIpc) is 3.21. The van der Waals surface area contributed by atoms with Gasteiger partial charge in [0.15, 0.2) is 4.90 Å². The van der Waals surface area contributed by atoms with Crippen LogP contribution in [0.3, 0.4) is 0 Å². The lowest BCUT2D eigenvalue weighted by atomic mass is 10.2. The molecule has 0 N–H and O–H groups in total. The highest BCUT2D eigenvalue weighted by Gasteiger charge is 2.30. The Labute approximate surface area is 196 Å². The van der Waals surface area contributed by atoms with Crippen LogP contribution in [-0.4, -0.2) is 76.0 Å². The summed E-state index contributed by atoms with van der Waals surface area (Å²) in [6.45, 7) is 1.62. The van der Waals surface area contributed by atoms with Gasteiger partial charge in [-0.15, -0.1) is 0 Å². The maximum Gasteiger partial charge on any atom is 0.410 e. The quantitative estimate of drug-likeness (QED) is 0.610. The number of amides is 1. The molecule has 2 aliphatic rings. The van der Waals surface area contributed by atoms with Gasteiger partial charge in [0.05, 0.1) is 50.3 Å². The molecule has 0 bridgehead atoms. The number of pyridine rings is 2. The van der Waals surface area contributed by atoms with Gasteiger partial charge in [0.1, 0.15) is 12.7 Å². The number of ether oxygens (including phenoxy) is 4. The highest BCUT2D eigenvalue weighted by Crippen LogP contribution is 2.32. The van der Waals surface area contributed by atoms with E-state index >= 15 is 0 Å². The molecular formula is C20H23ClN4O7S. The first-order chi connectivity index (χ1) is 15.8. The molecule has 0 spiro atoms. The molecule has 1 unspecified atom stereocenters. The maximum atomic E-state index is 13.3. The molecule has 2 aromatic rings. The van der Waals surface area contributed by atoms with E-state index in [1.807, 2.05) is 0 Å². The Balaban J connectivity index is 1.59. The molecule has 0 aromatic carbocycles. The van der Waals surface area contributed by atoms with Crippen molar-refractivity contribution < 1.29 is 32.2 Å². The third-order valence-corrected chi connectivity index (χ3v) is 7.25. The van der Waals surface area contributed by atoms with Crippen LogP contribution in [-0.2, 0) is 26.0 Å². The van der Waals surface area contributed by atoms with Crippen LogP contribution in [0.15, 0.2) is 29.4 Å². The smallest absolute Gasteiger partial charge is 0.410 e. The van der Waals surface area contributed by atoms with Crippen LogP contribution in [0.4, 0.5) is 10.5 Å². The van der Waals surface area contributed by atoms with E-state index in [9.17, 15) is 13.2 Å². The summed E-state index contributed by atoms with van der Waals surface area (Å²) >= 11 is 5.96. The number of nitrogens with zero attached hydrogens (tertiary/aromatic N) is 4. The van der Waals surface area contributed by atoms with Gasteiger partial charge in [-0.25, -0.2) is 23.2 Å². The van der Waals surface area contributed by atoms with Crippen LogP contribution in [0.2, 0.25) is 5.02 Å². The minimum absolute atomic E-state index is 0.0814. The number of rotatable bonds is 5. The number of carbonyl (C=O) groups excluding carboxylic acids is 1. The molecule has 4 heterocycles. The fourth-order valence-corrected chi connectivity index (χ4v) is 4.98. The Morgan fingerprint density at radius 1 is 1.27 bits per heavy atom. The minimum Gasteiger partial charge on any atom is -0.480 e. The molecule has 1 saturated heterocycles. The van der Waals surface area contributed by atoms with Crippen molar-refractivity contribution >= 4 is 33.4 Å². The molecule has 0 aliphatic carbocycles. The zero-order chi connectivity index (χ0) is 23.6. The van der Waals surface area contributed by atoms with E-state index in [0.717, 1.165) is 4.31 Å². The van der Waals surface area contributed by atoms with Gasteiger partial charge < -0.3 is 23.8 Å². The average molecular weight is 499 g/mol. The molecule has 1 atom stereocenters. The van der Waals surface area contributed by atoms with Crippen LogP contribution in [0.5, 0.6) is 11.8 Å². The maximum absolute atomic E-state index is 13.3. The van der Waals surface area contributed by atoms with Crippen molar-refractivity contribution in [2.75, 3.05) is 44.8 Å². The van der Waals surface area contributed by atoms with Crippen LogP contribution < -0.4 is 13.8 Å². The van der Waals surface area contributed by atoms with E-state index in [0.29, 0.717) is 37.6 Å². The normalized spacial score (nSPS) is 18.2. The molecule has 33 heavy (non-hydrogen) atoms. The van der Waals surface area contributed by atoms with E-state index in [2.05, 4.69) is 9.97 Å². The summed E-state index contributed by atoms with van der Waals surface area (Å²) in [5.74, 6) is 0.244. The number of halogens is 1. The predicted octanol–water partition coefficient (Wildman–Crippen LogP) is 2.08. The number of hydrogen-bond donors (Lipinski definition) is 0. The summed E-state index contributed by atoms with van der Waals surface area (Å²) in [6, 6.07) is 2.87. The van der Waals surface area contributed by atoms with Gasteiger partial charge in [0, 0.05) is 25.2 Å². The number of anilines is 1. The molecule has 2 aliphatic heterocycles. The highest BCUT2D eigenvalue weighted by molar-refractivity contribution is 7.92. The Morgan fingerprint density at radius 2 is 2.09 bits per heavy atom. The third-order valence-electron chi connectivity index (χ3n) is 5.27. The van der Waals surface area contributed by atoms with Crippen molar-refractivity contribution in [1.29, 1.82) is 0 Å². The fourth-order valence-electron chi connectivity index (χ4n) is 3.45. The van der Waals surface area contributed by atoms with E-state index < -0.39 is 16.1 Å². The predicted molar refractivity (Wildman–Crippen MR) is 117 cm³/mol. The first kappa shape index (κ1) is 23.3. The summed E-state index contributed by atoms with van der Waals surface area (Å²) < 4.78 is 49.1. The molecule has 11 nitrogen and oxygen atoms in total. The van der Waals surface area contributed by atoms with E-state index in [4.69, 9.17) is 30.5 Å². The second-order valence-electron chi connectivity index (χ2n) is 7.43. The van der Waals surface area contributed by atoms with Gasteiger partial charge >= 0.3 is 6.09 Å². The monoisotopic (exact) mass is 498 g/mol. The number of sulfonamides is 1. The Morgan fingerprint density at radius 3 is 2.82 bits per heavy atom. The summed E-state index contributed by atoms with van der Waals surface area (Å²) in [7, 11) is -1.38. The number of carbonyl (C=O) groups is 1. The fraction of sp³-hybridized carbons (Fsp3) is 0.450. The summed E-state index contributed by atoms with van der Waals surface area (Å²) in [4.78, 5) is 22.1. The third kappa shape index (κ3) is 4.92. The van der Waals surface area contributed by atoms with Crippen LogP contribution in [0, 0.1) is 0 Å². The van der Waals surface area contributed by atoms with Gasteiger partial charge in [-0.2, -0.15) is 0 Å². The number of fused-ring (bicyclic) bond motifs is 1. The largest absolute Gasteiger partial charge is 0.480 e. The first-order valence-electron chi connectivity index (χ1n) is 10.1. The van der Waals surface area contributed by atoms with Gasteiger partial charge in [-0.05, 0) is 12.1 Å². The number of hydrogen-bond acceptors (Lipinski definition) is 9. The molecule has 178 valence electrons. The second kappa shape index (κ2) is 9.57. The molecule has 1 fully saturated rings. The SMILES string of the molecule is COc1ncc(Cl)cc1S(=O)(=O)N(C)c1cnc2c(c1)CN(C(=O)OC1CCOC1)CCO2. The number of methoxy groups -OCH3 is 1. The summed E-state index contributed by atoms with van der Waals surface area (Å²) in [5, 5.41) is 0.151. The van der Waals surface area contributed by atoms with E-state index in [1.165, 1.54) is 37.5 Å². The minimum atomic E-state index is -4.08. The lowest BCUT2D eigenvalue weighted by Gasteiger charge is -2.23. The van der Waals surface area contributed by atoms with Gasteiger partial charge in [-0.3, -0.25) is 4.31 Å². The topological polar surface area (TPSA) is 120 Å². The molecule has 0 saturated carbocycles. The Kier molecular flexibility index (Phi) is 6.77. The van der Waals surface area contributed by atoms with Crippen LogP contribution in [0.25, 0.3) is 0 Å². The lowest BCUT2D eigenvalue weighted by Crippen LogP contribution is -2.35. The Hall–Kier alpha value is -2.83. The molecule has 4 rings (SSSR count). The van der Waals surface area contributed by atoms with E-state index in [-0.39, 0.29) is 40.7 Å². The van der Waals surface area contributed by atoms with Gasteiger partial charge in [0.2, 0.25) is 11.8 Å². The molecular weight excluding hydrogens is 476 g/mol. The van der Waals surface area contributed by atoms with Crippen molar-refractivity contribution in [3.05, 3.63) is 35.1 Å². The first-order valence-corrected chi connectivity index (χ1v) is 11.9. The zero-order valence-corrected chi connectivity index (χ0v) is 19.6. The Bertz CT molecular complexity index is 1140. The molecule has 1 amide bonds. The van der Waals surface area contributed by atoms with Gasteiger partial charge in [0.25, 0.3) is 10.0 Å². The standard InChI is InChI=1S/C20H23ClN4O7S/c1-24(33(27,28)17-8-14(21)9-22-19(17)29-2)15-7-13-11-25(4-6-31-18(13)23-10-15)20(26)32-16-3-5-30-12-16/h7-10,16H,3-6,11-12H2,1-2H3. The summed E-state index contributed by atoms with van der Waals surface area (Å²) in [6.07, 6.45) is 2.57. The van der Waals surface area contributed by atoms with E-state index in [1.54, 1.807) is 6.07 Å². The van der Waals surface area contributed by atoms with Crippen molar-refractivity contribution in [3.63, 3.8) is 0 Å². The van der Waals surface area contributed by atoms with Gasteiger partial charge in [-0.1, -0.05) is 11.6 Å². The van der Waals surface area contributed by atoms with Crippen molar-refractivity contribution in [3.8, 4) is 11.8 Å². The zero-order valence-electron chi connectivity index (χ0n) is 18.1. The molecule has 13 heteroatoms. The second-order valence-corrected chi connectivity index (χ2v) is 9.80. The van der Waals surface area contributed by atoms with Crippen molar-refractivity contribution in [2.45, 2.75) is 24.0 Å². The molecule has 0 radical (unpaired) electrons. The van der Waals surface area contributed by atoms with Crippen molar-refractivity contribution in [2.24, 2.45) is 0 Å². The van der Waals surface area contributed by atoms with Crippen molar-refractivity contribution in [1.82, 2.24) is 14.9 Å². The summed E-state index contributed by atoms with van der Waals surface area (Å²) in [5.41, 5.74) is 0.807. The molecule has 2 aromatic heterocycles. The van der Waals surface area contributed by atoms with Crippen LogP contribution >= 0.6 is 11.6 Å².